The molecular weight excluding hydrogens is 857 g/mol. The number of rotatable bonds is 7. The van der Waals surface area contributed by atoms with Crippen LogP contribution in [0.1, 0.15) is 57.8 Å². The third-order valence-corrected chi connectivity index (χ3v) is 11.7. The van der Waals surface area contributed by atoms with Gasteiger partial charge in [-0.05, 0) is 37.1 Å². The minimum absolute atomic E-state index is 0.0436. The summed E-state index contributed by atoms with van der Waals surface area (Å²) in [6, 6.07) is 7.71. The van der Waals surface area contributed by atoms with Gasteiger partial charge in [-0.2, -0.15) is 0 Å². The molecule has 0 spiro atoms. The molecule has 2 saturated carbocycles. The number of ether oxygens (including phenoxy) is 7. The van der Waals surface area contributed by atoms with Gasteiger partial charge in [0.25, 0.3) is 0 Å². The summed E-state index contributed by atoms with van der Waals surface area (Å²) in [6.45, 7) is 4.91. The van der Waals surface area contributed by atoms with Crippen LogP contribution < -0.4 is 0 Å². The molecule has 0 radical (unpaired) electrons. The number of alkyl halides is 6. The number of fused-ring (bicyclic) bond motifs is 5. The Balaban J connectivity index is 1.80. The molecule has 20 heteroatoms. The van der Waals surface area contributed by atoms with Crippen LogP contribution in [0.2, 0.25) is 0 Å². The van der Waals surface area contributed by atoms with Crippen molar-refractivity contribution in [3.8, 4) is 0 Å². The number of carbonyl (C=O) groups is 5. The molecule has 55 heavy (non-hydrogen) atoms. The van der Waals surface area contributed by atoms with Crippen molar-refractivity contribution >= 4 is 99.6 Å². The molecule has 3 fully saturated rings. The lowest BCUT2D eigenvalue weighted by Gasteiger charge is -2.67. The van der Waals surface area contributed by atoms with E-state index in [1.807, 2.05) is 0 Å². The van der Waals surface area contributed by atoms with Crippen molar-refractivity contribution in [2.24, 2.45) is 16.7 Å². The molecule has 9 atom stereocenters. The molecule has 3 aliphatic carbocycles. The van der Waals surface area contributed by atoms with Gasteiger partial charge in [0, 0.05) is 25.2 Å². The van der Waals surface area contributed by atoms with Crippen LogP contribution >= 0.6 is 69.6 Å². The first kappa shape index (κ1) is 43.8. The number of aliphatic hydroxyl groups is 2. The van der Waals surface area contributed by atoms with Crippen molar-refractivity contribution in [3.63, 3.8) is 0 Å². The van der Waals surface area contributed by atoms with Gasteiger partial charge in [-0.15, -0.1) is 0 Å². The van der Waals surface area contributed by atoms with Gasteiger partial charge in [-0.3, -0.25) is 9.59 Å². The predicted octanol–water partition coefficient (Wildman–Crippen LogP) is 6.14. The maximum atomic E-state index is 15.6. The Morgan fingerprint density at radius 2 is 1.47 bits per heavy atom. The van der Waals surface area contributed by atoms with E-state index in [0.29, 0.717) is 0 Å². The average molecular weight is 895 g/mol. The lowest BCUT2D eigenvalue weighted by atomic mass is 9.44. The smallest absolute Gasteiger partial charge is 0.455 e. The number of esters is 2. The summed E-state index contributed by atoms with van der Waals surface area (Å²) in [5.41, 5.74) is -8.11. The lowest BCUT2D eigenvalue weighted by Crippen LogP contribution is -2.82. The summed E-state index contributed by atoms with van der Waals surface area (Å²) < 4.78 is 35.6. The largest absolute Gasteiger partial charge is 0.509 e. The van der Waals surface area contributed by atoms with Gasteiger partial charge in [0.15, 0.2) is 17.5 Å². The number of ketones is 1. The number of hydrogen-bond acceptors (Lipinski definition) is 14. The van der Waals surface area contributed by atoms with Crippen molar-refractivity contribution in [2.45, 2.75) is 96.8 Å². The Hall–Kier alpha value is -2.27. The van der Waals surface area contributed by atoms with Crippen LogP contribution in [0, 0.1) is 16.7 Å². The van der Waals surface area contributed by atoms with Crippen LogP contribution in [-0.4, -0.2) is 109 Å². The Morgan fingerprint density at radius 1 is 0.909 bits per heavy atom. The SMILES string of the molecule is CC(=O)O[C@@]12CO[C@@H]1C[C@H](OC(=O)OCC(Cl)(Cl)Cl)[C@@]1(C)C(=O)[C@H](OC(=O)OCC(Cl)(Cl)Cl)C3=C(C)[C@@H](O)C[C@@](O)(C(OC(=O)c4ccccc4)C12)C3(C)C. The minimum Gasteiger partial charge on any atom is -0.455 e. The van der Waals surface area contributed by atoms with E-state index in [-0.39, 0.29) is 29.7 Å². The third kappa shape index (κ3) is 8.22. The van der Waals surface area contributed by atoms with Crippen LogP contribution in [0.25, 0.3) is 0 Å². The Bertz CT molecular complexity index is 1740. The van der Waals surface area contributed by atoms with Gasteiger partial charge in [0.2, 0.25) is 7.59 Å². The summed E-state index contributed by atoms with van der Waals surface area (Å²) in [6.07, 6.45) is -11.9. The molecule has 0 aromatic heterocycles. The van der Waals surface area contributed by atoms with E-state index in [1.165, 1.54) is 39.8 Å². The summed E-state index contributed by atoms with van der Waals surface area (Å²) in [7, 11) is 0. The van der Waals surface area contributed by atoms with E-state index in [0.717, 1.165) is 6.92 Å². The second-order valence-corrected chi connectivity index (χ2v) is 19.7. The topological polar surface area (TPSA) is 190 Å². The fourth-order valence-corrected chi connectivity index (χ4v) is 8.78. The summed E-state index contributed by atoms with van der Waals surface area (Å²) in [5.74, 6) is -4.48. The normalized spacial score (nSPS) is 34.0. The Labute approximate surface area is 345 Å². The standard InChI is InChI=1S/C35H38Cl6O14/c1-16-19(43)12-33(48)26(54-27(45)18-9-7-6-8-10-18)24-31(5,25(44)23(22(16)30(33,3)4)53-29(47)51-15-35(39,40)41)20(52-28(46)50-14-34(36,37)38)11-21-32(24,13-49-21)55-17(2)42/h6-10,19-21,23-24,26,43,48H,11-15H2,1-5H3/t19-,20-,21+,23+,24?,26?,31+,32-,33+/m0/s1. The number of carbonyl (C=O) groups excluding carboxylic acids is 5. The highest BCUT2D eigenvalue weighted by molar-refractivity contribution is 6.68. The number of benzene rings is 1. The molecule has 1 aromatic rings. The van der Waals surface area contributed by atoms with Crippen LogP contribution in [0.3, 0.4) is 0 Å². The first-order chi connectivity index (χ1) is 25.3. The van der Waals surface area contributed by atoms with E-state index in [2.05, 4.69) is 0 Å². The first-order valence-electron chi connectivity index (χ1n) is 16.8. The number of halogens is 6. The summed E-state index contributed by atoms with van der Waals surface area (Å²) in [5, 5.41) is 24.8. The van der Waals surface area contributed by atoms with E-state index in [9.17, 15) is 29.4 Å². The highest BCUT2D eigenvalue weighted by Crippen LogP contribution is 2.64. The summed E-state index contributed by atoms with van der Waals surface area (Å²) >= 11 is 34.7. The van der Waals surface area contributed by atoms with Crippen molar-refractivity contribution in [3.05, 3.63) is 47.0 Å². The van der Waals surface area contributed by atoms with Crippen molar-refractivity contribution in [2.75, 3.05) is 19.8 Å². The lowest BCUT2D eigenvalue weighted by molar-refractivity contribution is -0.346. The molecule has 304 valence electrons. The molecule has 14 nitrogen and oxygen atoms in total. The molecule has 1 aromatic carbocycles. The zero-order valence-electron chi connectivity index (χ0n) is 29.9. The molecule has 2 unspecified atom stereocenters. The Kier molecular flexibility index (Phi) is 12.3. The van der Waals surface area contributed by atoms with Crippen molar-refractivity contribution in [1.29, 1.82) is 0 Å². The molecule has 1 heterocycles. The number of Topliss-reactive ketones (excluding diaryl/α,β-unsaturated/α-hetero) is 1. The molecule has 0 amide bonds. The highest BCUT2D eigenvalue weighted by atomic mass is 35.6. The third-order valence-electron chi connectivity index (χ3n) is 11.1. The molecule has 2 N–H and O–H groups in total. The molecular formula is C35H38Cl6O14. The summed E-state index contributed by atoms with van der Waals surface area (Å²) in [4.78, 5) is 69.2. The highest BCUT2D eigenvalue weighted by Gasteiger charge is 2.79. The quantitative estimate of drug-likeness (QED) is 0.137. The zero-order chi connectivity index (χ0) is 41.1. The second-order valence-electron chi connectivity index (χ2n) is 14.7. The van der Waals surface area contributed by atoms with E-state index >= 15 is 4.79 Å². The molecule has 1 saturated heterocycles. The van der Waals surface area contributed by atoms with E-state index in [4.69, 9.17) is 103 Å². The van der Waals surface area contributed by atoms with Gasteiger partial charge < -0.3 is 43.4 Å². The predicted molar refractivity (Wildman–Crippen MR) is 196 cm³/mol. The number of aliphatic hydroxyl groups excluding tert-OH is 1. The molecule has 2 bridgehead atoms. The first-order valence-corrected chi connectivity index (χ1v) is 19.1. The van der Waals surface area contributed by atoms with Crippen molar-refractivity contribution < 1.29 is 67.3 Å². The average Bonchev–Trinajstić information content (AvgIpc) is 3.07. The maximum Gasteiger partial charge on any atom is 0.509 e. The van der Waals surface area contributed by atoms with Crippen LogP contribution in [0.15, 0.2) is 41.5 Å². The van der Waals surface area contributed by atoms with Gasteiger partial charge in [-0.1, -0.05) is 102 Å². The van der Waals surface area contributed by atoms with Crippen LogP contribution in [-0.2, 0) is 42.7 Å². The van der Waals surface area contributed by atoms with Crippen molar-refractivity contribution in [1.82, 2.24) is 0 Å². The molecule has 5 rings (SSSR count). The van der Waals surface area contributed by atoms with Crippen LogP contribution in [0.4, 0.5) is 9.59 Å². The van der Waals surface area contributed by atoms with Gasteiger partial charge in [0.05, 0.1) is 29.6 Å². The van der Waals surface area contributed by atoms with Crippen LogP contribution in [0.5, 0.6) is 0 Å². The zero-order valence-corrected chi connectivity index (χ0v) is 34.5. The molecule has 1 aliphatic heterocycles. The Morgan fingerprint density at radius 3 is 1.98 bits per heavy atom. The van der Waals surface area contributed by atoms with Gasteiger partial charge in [0.1, 0.15) is 37.1 Å². The van der Waals surface area contributed by atoms with Gasteiger partial charge >= 0.3 is 24.2 Å². The maximum absolute atomic E-state index is 15.6. The second kappa shape index (κ2) is 15.5. The minimum atomic E-state index is -2.37. The molecule has 4 aliphatic rings. The van der Waals surface area contributed by atoms with Gasteiger partial charge in [-0.25, -0.2) is 14.4 Å². The number of hydrogen-bond donors (Lipinski definition) is 2. The monoisotopic (exact) mass is 892 g/mol. The fourth-order valence-electron chi connectivity index (χ4n) is 8.45. The van der Waals surface area contributed by atoms with E-state index in [1.54, 1.807) is 18.2 Å². The fraction of sp³-hybridized carbons (Fsp3) is 0.629. The van der Waals surface area contributed by atoms with E-state index < -0.39 is 116 Å².